The van der Waals surface area contributed by atoms with Crippen LogP contribution in [0.25, 0.3) is 0 Å². The van der Waals surface area contributed by atoms with Crippen molar-refractivity contribution in [3.05, 3.63) is 60.0 Å². The fourth-order valence-electron chi connectivity index (χ4n) is 1.91. The van der Waals surface area contributed by atoms with Gasteiger partial charge in [-0.05, 0) is 24.6 Å². The van der Waals surface area contributed by atoms with E-state index in [0.717, 1.165) is 5.56 Å². The molecule has 24 heavy (non-hydrogen) atoms. The molecule has 4 nitrogen and oxygen atoms in total. The van der Waals surface area contributed by atoms with Crippen LogP contribution in [0.4, 0.5) is 5.69 Å². The van der Waals surface area contributed by atoms with Crippen LogP contribution in [0, 0.1) is 6.92 Å². The van der Waals surface area contributed by atoms with E-state index in [1.54, 1.807) is 19.1 Å². The van der Waals surface area contributed by atoms with Gasteiger partial charge >= 0.3 is 5.97 Å². The van der Waals surface area contributed by atoms with Crippen molar-refractivity contribution >= 4 is 75.6 Å². The molecule has 126 valence electrons. The second kappa shape index (κ2) is 7.38. The summed E-state index contributed by atoms with van der Waals surface area (Å²) in [5.74, 6) is -2.27. The van der Waals surface area contributed by atoms with Gasteiger partial charge in [-0.15, -0.1) is 0 Å². The number of aromatic carboxylic acids is 1. The number of hydrogen-bond donors (Lipinski definition) is 2. The Labute approximate surface area is 162 Å². The first-order valence-corrected chi connectivity index (χ1v) is 8.20. The third kappa shape index (κ3) is 3.58. The Morgan fingerprint density at radius 1 is 0.917 bits per heavy atom. The van der Waals surface area contributed by atoms with E-state index in [0.29, 0.717) is 10.7 Å². The molecule has 2 rings (SSSR count). The normalized spacial score (nSPS) is 10.6. The van der Waals surface area contributed by atoms with Crippen molar-refractivity contribution in [3.8, 4) is 0 Å². The van der Waals surface area contributed by atoms with Crippen LogP contribution in [0.3, 0.4) is 0 Å². The standard InChI is InChI=1S/C15H8Cl5NO3/c1-5-2-3-6(4-7(5)16)21-14(22)8-9(15(23)24)11(18)13(20)12(19)10(8)17/h2-4H,1H3,(H,21,22)(H,23,24). The lowest BCUT2D eigenvalue weighted by molar-refractivity contribution is 0.0692. The summed E-state index contributed by atoms with van der Waals surface area (Å²) in [5.41, 5.74) is 0.244. The SMILES string of the molecule is Cc1ccc(NC(=O)c2c(Cl)c(Cl)c(Cl)c(Cl)c2C(=O)O)cc1Cl. The number of benzene rings is 2. The fourth-order valence-corrected chi connectivity index (χ4v) is 3.11. The molecule has 0 atom stereocenters. The van der Waals surface area contributed by atoms with Gasteiger partial charge in [0.2, 0.25) is 0 Å². The van der Waals surface area contributed by atoms with E-state index < -0.39 is 17.4 Å². The van der Waals surface area contributed by atoms with Crippen molar-refractivity contribution in [1.29, 1.82) is 0 Å². The first-order chi connectivity index (χ1) is 11.1. The van der Waals surface area contributed by atoms with Crippen LogP contribution in [0.2, 0.25) is 25.1 Å². The molecule has 0 spiro atoms. The van der Waals surface area contributed by atoms with E-state index in [-0.39, 0.29) is 25.7 Å². The summed E-state index contributed by atoms with van der Waals surface area (Å²) >= 11 is 29.7. The number of carboxylic acid groups (broad SMARTS) is 1. The average molecular weight is 427 g/mol. The van der Waals surface area contributed by atoms with Crippen LogP contribution in [0.5, 0.6) is 0 Å². The van der Waals surface area contributed by atoms with Crippen LogP contribution < -0.4 is 5.32 Å². The lowest BCUT2D eigenvalue weighted by atomic mass is 10.1. The molecule has 9 heteroatoms. The number of halogens is 5. The summed E-state index contributed by atoms with van der Waals surface area (Å²) in [5, 5.41) is 11.2. The van der Waals surface area contributed by atoms with Gasteiger partial charge in [-0.25, -0.2) is 4.79 Å². The van der Waals surface area contributed by atoms with E-state index in [1.807, 2.05) is 0 Å². The quantitative estimate of drug-likeness (QED) is 0.452. The Morgan fingerprint density at radius 3 is 1.96 bits per heavy atom. The Hall–Kier alpha value is -1.17. The second-order valence-corrected chi connectivity index (χ2v) is 6.65. The molecule has 2 aromatic carbocycles. The number of aryl methyl sites for hydroxylation is 1. The summed E-state index contributed by atoms with van der Waals surface area (Å²) in [6, 6.07) is 4.81. The molecule has 0 aliphatic rings. The molecule has 0 saturated heterocycles. The third-order valence-corrected chi connectivity index (χ3v) is 5.35. The largest absolute Gasteiger partial charge is 0.478 e. The number of anilines is 1. The van der Waals surface area contributed by atoms with Gasteiger partial charge in [0.1, 0.15) is 0 Å². The number of amides is 1. The van der Waals surface area contributed by atoms with E-state index in [1.165, 1.54) is 6.07 Å². The molecule has 0 fully saturated rings. The van der Waals surface area contributed by atoms with Crippen LogP contribution >= 0.6 is 58.0 Å². The van der Waals surface area contributed by atoms with Gasteiger partial charge in [0, 0.05) is 10.7 Å². The number of nitrogens with one attached hydrogen (secondary N) is 1. The zero-order chi connectivity index (χ0) is 18.2. The molecular formula is C15H8Cl5NO3. The highest BCUT2D eigenvalue weighted by Gasteiger charge is 2.28. The molecule has 0 aliphatic carbocycles. The average Bonchev–Trinajstić information content (AvgIpc) is 2.51. The summed E-state index contributed by atoms with van der Waals surface area (Å²) in [7, 11) is 0. The van der Waals surface area contributed by atoms with Gasteiger partial charge in [0.25, 0.3) is 5.91 Å². The highest BCUT2D eigenvalue weighted by atomic mass is 35.5. The summed E-state index contributed by atoms with van der Waals surface area (Å²) in [4.78, 5) is 24.0. The van der Waals surface area contributed by atoms with Gasteiger partial charge < -0.3 is 10.4 Å². The van der Waals surface area contributed by atoms with Crippen LogP contribution in [-0.2, 0) is 0 Å². The van der Waals surface area contributed by atoms with Crippen LogP contribution in [0.15, 0.2) is 18.2 Å². The van der Waals surface area contributed by atoms with Crippen molar-refractivity contribution < 1.29 is 14.7 Å². The topological polar surface area (TPSA) is 66.4 Å². The molecular weight excluding hydrogens is 419 g/mol. The Kier molecular flexibility index (Phi) is 5.89. The minimum atomic E-state index is -1.47. The predicted molar refractivity (Wildman–Crippen MR) is 97.6 cm³/mol. The first-order valence-electron chi connectivity index (χ1n) is 6.31. The Bertz CT molecular complexity index is 867. The molecule has 0 heterocycles. The number of carbonyl (C=O) groups excluding carboxylic acids is 1. The van der Waals surface area contributed by atoms with Crippen molar-refractivity contribution in [2.75, 3.05) is 5.32 Å². The predicted octanol–water partition coefficient (Wildman–Crippen LogP) is 6.21. The molecule has 2 aromatic rings. The second-order valence-electron chi connectivity index (χ2n) is 4.73. The number of carboxylic acids is 1. The Morgan fingerprint density at radius 2 is 1.46 bits per heavy atom. The zero-order valence-electron chi connectivity index (χ0n) is 11.9. The van der Waals surface area contributed by atoms with Crippen molar-refractivity contribution in [1.82, 2.24) is 0 Å². The van der Waals surface area contributed by atoms with E-state index in [9.17, 15) is 14.7 Å². The maximum absolute atomic E-state index is 12.5. The van der Waals surface area contributed by atoms with Gasteiger partial charge in [-0.3, -0.25) is 4.79 Å². The monoisotopic (exact) mass is 425 g/mol. The van der Waals surface area contributed by atoms with E-state index in [2.05, 4.69) is 5.32 Å². The van der Waals surface area contributed by atoms with E-state index in [4.69, 9.17) is 58.0 Å². The molecule has 0 saturated carbocycles. The highest BCUT2D eigenvalue weighted by molar-refractivity contribution is 6.54. The highest BCUT2D eigenvalue weighted by Crippen LogP contribution is 2.41. The van der Waals surface area contributed by atoms with Crippen LogP contribution in [0.1, 0.15) is 26.3 Å². The maximum atomic E-state index is 12.5. The van der Waals surface area contributed by atoms with Gasteiger partial charge in [-0.1, -0.05) is 64.1 Å². The van der Waals surface area contributed by atoms with Gasteiger partial charge in [-0.2, -0.15) is 0 Å². The zero-order valence-corrected chi connectivity index (χ0v) is 15.7. The molecule has 2 N–H and O–H groups in total. The first kappa shape index (κ1) is 19.2. The number of rotatable bonds is 3. The van der Waals surface area contributed by atoms with E-state index >= 15 is 0 Å². The summed E-state index contributed by atoms with van der Waals surface area (Å²) in [6.07, 6.45) is 0. The van der Waals surface area contributed by atoms with Crippen LogP contribution in [-0.4, -0.2) is 17.0 Å². The van der Waals surface area contributed by atoms with Gasteiger partial charge in [0.05, 0.1) is 31.2 Å². The molecule has 1 amide bonds. The lowest BCUT2D eigenvalue weighted by Gasteiger charge is -2.14. The lowest BCUT2D eigenvalue weighted by Crippen LogP contribution is -2.18. The Balaban J connectivity index is 2.56. The minimum absolute atomic E-state index is 0.208. The molecule has 0 unspecified atom stereocenters. The fraction of sp³-hybridized carbons (Fsp3) is 0.0667. The van der Waals surface area contributed by atoms with Crippen molar-refractivity contribution in [3.63, 3.8) is 0 Å². The molecule has 0 radical (unpaired) electrons. The number of hydrogen-bond acceptors (Lipinski definition) is 2. The van der Waals surface area contributed by atoms with Crippen molar-refractivity contribution in [2.45, 2.75) is 6.92 Å². The third-order valence-electron chi connectivity index (χ3n) is 3.14. The molecule has 0 bridgehead atoms. The summed E-state index contributed by atoms with van der Waals surface area (Å²) < 4.78 is 0. The molecule has 0 aromatic heterocycles. The smallest absolute Gasteiger partial charge is 0.338 e. The maximum Gasteiger partial charge on any atom is 0.338 e. The minimum Gasteiger partial charge on any atom is -0.478 e. The number of carbonyl (C=O) groups is 2. The molecule has 0 aliphatic heterocycles. The summed E-state index contributed by atoms with van der Waals surface area (Å²) in [6.45, 7) is 1.80. The van der Waals surface area contributed by atoms with Crippen molar-refractivity contribution in [2.24, 2.45) is 0 Å². The van der Waals surface area contributed by atoms with Gasteiger partial charge in [0.15, 0.2) is 0 Å².